The molecule has 0 aliphatic heterocycles. The fraction of sp³-hybridized carbons (Fsp3) is 0.500. The third-order valence-corrected chi connectivity index (χ3v) is 2.43. The zero-order valence-electron chi connectivity index (χ0n) is 10.1. The summed E-state index contributed by atoms with van der Waals surface area (Å²) in [6, 6.07) is 3.38. The van der Waals surface area contributed by atoms with Crippen molar-refractivity contribution in [1.82, 2.24) is 15.2 Å². The lowest BCUT2D eigenvalue weighted by atomic mass is 10.2. The van der Waals surface area contributed by atoms with Crippen LogP contribution in [0.4, 0.5) is 0 Å². The standard InChI is InChI=1S/C12H19N3O2/c1-15(9-10-16)8-2-5-14-12(17)11-3-6-13-7-4-11/h3-4,6-7,16H,2,5,8-10H2,1H3,(H,14,17). The van der Waals surface area contributed by atoms with E-state index in [4.69, 9.17) is 5.11 Å². The molecule has 0 unspecified atom stereocenters. The van der Waals surface area contributed by atoms with E-state index in [1.807, 2.05) is 11.9 Å². The quantitative estimate of drug-likeness (QED) is 0.661. The van der Waals surface area contributed by atoms with Crippen LogP contribution in [0, 0.1) is 0 Å². The van der Waals surface area contributed by atoms with Crippen molar-refractivity contribution in [3.63, 3.8) is 0 Å². The molecule has 0 spiro atoms. The van der Waals surface area contributed by atoms with Gasteiger partial charge < -0.3 is 15.3 Å². The molecule has 2 N–H and O–H groups in total. The van der Waals surface area contributed by atoms with E-state index in [-0.39, 0.29) is 12.5 Å². The Labute approximate surface area is 101 Å². The van der Waals surface area contributed by atoms with E-state index in [2.05, 4.69) is 10.3 Å². The van der Waals surface area contributed by atoms with Gasteiger partial charge >= 0.3 is 0 Å². The number of nitrogens with one attached hydrogen (secondary N) is 1. The number of likely N-dealkylation sites (N-methyl/N-ethyl adjacent to an activating group) is 1. The number of aliphatic hydroxyl groups excluding tert-OH is 1. The molecule has 0 bridgehead atoms. The molecular weight excluding hydrogens is 218 g/mol. The Morgan fingerprint density at radius 1 is 1.41 bits per heavy atom. The summed E-state index contributed by atoms with van der Waals surface area (Å²) in [5.74, 6) is -0.0720. The second kappa shape index (κ2) is 7.76. The maximum absolute atomic E-state index is 11.6. The van der Waals surface area contributed by atoms with Gasteiger partial charge in [-0.3, -0.25) is 9.78 Å². The molecule has 1 aromatic heterocycles. The molecule has 0 aliphatic carbocycles. The van der Waals surface area contributed by atoms with Gasteiger partial charge in [0.15, 0.2) is 0 Å². The summed E-state index contributed by atoms with van der Waals surface area (Å²) in [7, 11) is 1.95. The number of aliphatic hydroxyl groups is 1. The SMILES string of the molecule is CN(CCO)CCCNC(=O)c1ccncc1. The highest BCUT2D eigenvalue weighted by molar-refractivity contribution is 5.93. The lowest BCUT2D eigenvalue weighted by Crippen LogP contribution is -2.29. The number of hydrogen-bond donors (Lipinski definition) is 2. The maximum Gasteiger partial charge on any atom is 0.251 e. The summed E-state index contributed by atoms with van der Waals surface area (Å²) in [5, 5.41) is 11.6. The molecule has 1 rings (SSSR count). The first-order chi connectivity index (χ1) is 8.24. The van der Waals surface area contributed by atoms with Gasteiger partial charge in [-0.2, -0.15) is 0 Å². The van der Waals surface area contributed by atoms with Crippen LogP contribution in [0.3, 0.4) is 0 Å². The van der Waals surface area contributed by atoms with Crippen molar-refractivity contribution in [3.8, 4) is 0 Å². The number of hydrogen-bond acceptors (Lipinski definition) is 4. The van der Waals surface area contributed by atoms with E-state index in [0.717, 1.165) is 13.0 Å². The molecule has 0 saturated carbocycles. The number of rotatable bonds is 7. The molecule has 1 heterocycles. The van der Waals surface area contributed by atoms with Crippen LogP contribution in [0.1, 0.15) is 16.8 Å². The Hall–Kier alpha value is -1.46. The third kappa shape index (κ3) is 5.42. The zero-order chi connectivity index (χ0) is 12.5. The number of aromatic nitrogens is 1. The summed E-state index contributed by atoms with van der Waals surface area (Å²) >= 11 is 0. The van der Waals surface area contributed by atoms with Crippen molar-refractivity contribution < 1.29 is 9.90 Å². The minimum atomic E-state index is -0.0720. The lowest BCUT2D eigenvalue weighted by Gasteiger charge is -2.14. The second-order valence-corrected chi connectivity index (χ2v) is 3.87. The highest BCUT2D eigenvalue weighted by atomic mass is 16.3. The molecule has 17 heavy (non-hydrogen) atoms. The monoisotopic (exact) mass is 237 g/mol. The molecule has 0 fully saturated rings. The van der Waals surface area contributed by atoms with Crippen molar-refractivity contribution in [2.45, 2.75) is 6.42 Å². The van der Waals surface area contributed by atoms with Crippen LogP contribution < -0.4 is 5.32 Å². The number of pyridine rings is 1. The molecule has 5 heteroatoms. The van der Waals surface area contributed by atoms with Crippen LogP contribution in [0.5, 0.6) is 0 Å². The van der Waals surface area contributed by atoms with E-state index in [0.29, 0.717) is 18.7 Å². The summed E-state index contributed by atoms with van der Waals surface area (Å²) in [6.45, 7) is 2.33. The van der Waals surface area contributed by atoms with Crippen LogP contribution in [-0.4, -0.2) is 54.2 Å². The summed E-state index contributed by atoms with van der Waals surface area (Å²) in [4.78, 5) is 17.5. The predicted molar refractivity (Wildman–Crippen MR) is 65.8 cm³/mol. The van der Waals surface area contributed by atoms with Gasteiger partial charge in [-0.15, -0.1) is 0 Å². The van der Waals surface area contributed by atoms with E-state index < -0.39 is 0 Å². The van der Waals surface area contributed by atoms with E-state index >= 15 is 0 Å². The Balaban J connectivity index is 2.17. The molecule has 1 amide bonds. The zero-order valence-corrected chi connectivity index (χ0v) is 10.1. The van der Waals surface area contributed by atoms with Crippen LogP contribution in [0.15, 0.2) is 24.5 Å². The summed E-state index contributed by atoms with van der Waals surface area (Å²) < 4.78 is 0. The summed E-state index contributed by atoms with van der Waals surface area (Å²) in [5.41, 5.74) is 0.628. The maximum atomic E-state index is 11.6. The van der Waals surface area contributed by atoms with E-state index in [1.54, 1.807) is 24.5 Å². The predicted octanol–water partition coefficient (Wildman–Crippen LogP) is 0.126. The van der Waals surface area contributed by atoms with Crippen LogP contribution in [0.2, 0.25) is 0 Å². The van der Waals surface area contributed by atoms with Crippen LogP contribution >= 0.6 is 0 Å². The first-order valence-electron chi connectivity index (χ1n) is 5.71. The van der Waals surface area contributed by atoms with Gasteiger partial charge in [0.05, 0.1) is 6.61 Å². The van der Waals surface area contributed by atoms with Crippen molar-refractivity contribution in [3.05, 3.63) is 30.1 Å². The molecular formula is C12H19N3O2. The minimum Gasteiger partial charge on any atom is -0.395 e. The average molecular weight is 237 g/mol. The number of nitrogens with zero attached hydrogens (tertiary/aromatic N) is 2. The van der Waals surface area contributed by atoms with Crippen molar-refractivity contribution >= 4 is 5.91 Å². The molecule has 0 atom stereocenters. The number of carbonyl (C=O) groups excluding carboxylic acids is 1. The van der Waals surface area contributed by atoms with Gasteiger partial charge in [0.1, 0.15) is 0 Å². The van der Waals surface area contributed by atoms with Gasteiger partial charge in [-0.05, 0) is 32.1 Å². The smallest absolute Gasteiger partial charge is 0.251 e. The highest BCUT2D eigenvalue weighted by Crippen LogP contribution is 1.95. The van der Waals surface area contributed by atoms with Gasteiger partial charge in [-0.1, -0.05) is 0 Å². The first kappa shape index (κ1) is 13.6. The lowest BCUT2D eigenvalue weighted by molar-refractivity contribution is 0.0951. The van der Waals surface area contributed by atoms with E-state index in [1.165, 1.54) is 0 Å². The molecule has 94 valence electrons. The van der Waals surface area contributed by atoms with E-state index in [9.17, 15) is 4.79 Å². The minimum absolute atomic E-state index is 0.0720. The topological polar surface area (TPSA) is 65.5 Å². The molecule has 5 nitrogen and oxygen atoms in total. The Morgan fingerprint density at radius 3 is 2.76 bits per heavy atom. The van der Waals surface area contributed by atoms with Crippen LogP contribution in [-0.2, 0) is 0 Å². The highest BCUT2D eigenvalue weighted by Gasteiger charge is 2.03. The van der Waals surface area contributed by atoms with Crippen molar-refractivity contribution in [2.24, 2.45) is 0 Å². The average Bonchev–Trinajstić information content (AvgIpc) is 2.36. The van der Waals surface area contributed by atoms with Crippen LogP contribution in [0.25, 0.3) is 0 Å². The van der Waals surface area contributed by atoms with Gasteiger partial charge in [0.25, 0.3) is 5.91 Å². The van der Waals surface area contributed by atoms with Gasteiger partial charge in [0, 0.05) is 31.0 Å². The molecule has 0 aromatic carbocycles. The van der Waals surface area contributed by atoms with Crippen molar-refractivity contribution in [1.29, 1.82) is 0 Å². The Kier molecular flexibility index (Phi) is 6.21. The largest absolute Gasteiger partial charge is 0.395 e. The molecule has 1 aromatic rings. The van der Waals surface area contributed by atoms with Gasteiger partial charge in [-0.25, -0.2) is 0 Å². The van der Waals surface area contributed by atoms with Crippen molar-refractivity contribution in [2.75, 3.05) is 33.3 Å². The normalized spacial score (nSPS) is 10.5. The Morgan fingerprint density at radius 2 is 2.12 bits per heavy atom. The molecule has 0 saturated heterocycles. The number of amides is 1. The summed E-state index contributed by atoms with van der Waals surface area (Å²) in [6.07, 6.45) is 4.07. The number of carbonyl (C=O) groups is 1. The van der Waals surface area contributed by atoms with Gasteiger partial charge in [0.2, 0.25) is 0 Å². The fourth-order valence-electron chi connectivity index (χ4n) is 1.44. The fourth-order valence-corrected chi connectivity index (χ4v) is 1.44. The Bertz CT molecular complexity index is 330. The molecule has 0 radical (unpaired) electrons. The third-order valence-electron chi connectivity index (χ3n) is 2.43. The second-order valence-electron chi connectivity index (χ2n) is 3.87. The first-order valence-corrected chi connectivity index (χ1v) is 5.71. The molecule has 0 aliphatic rings.